The highest BCUT2D eigenvalue weighted by molar-refractivity contribution is 7.89. The Bertz CT molecular complexity index is 1040. The van der Waals surface area contributed by atoms with Crippen molar-refractivity contribution in [2.75, 3.05) is 39.8 Å². The number of hydrogen-bond acceptors (Lipinski definition) is 5. The largest absolute Gasteiger partial charge is 0.497 e. The van der Waals surface area contributed by atoms with Crippen molar-refractivity contribution < 1.29 is 17.5 Å². The molecule has 2 N–H and O–H groups in total. The summed E-state index contributed by atoms with van der Waals surface area (Å²) in [6.07, 6.45) is 6.84. The predicted octanol–water partition coefficient (Wildman–Crippen LogP) is 3.36. The molecule has 0 bridgehead atoms. The van der Waals surface area contributed by atoms with Gasteiger partial charge in [0.1, 0.15) is 11.6 Å². The van der Waals surface area contributed by atoms with E-state index in [1.807, 2.05) is 0 Å². The fourth-order valence-corrected chi connectivity index (χ4v) is 6.05. The minimum Gasteiger partial charge on any atom is -0.497 e. The fourth-order valence-electron chi connectivity index (χ4n) is 5.03. The van der Waals surface area contributed by atoms with E-state index < -0.39 is 15.8 Å². The smallest absolute Gasteiger partial charge is 0.240 e. The molecule has 0 saturated carbocycles. The quantitative estimate of drug-likeness (QED) is 0.529. The Labute approximate surface area is 202 Å². The zero-order valence-electron chi connectivity index (χ0n) is 19.9. The molecule has 6 nitrogen and oxygen atoms in total. The number of halogens is 1. The van der Waals surface area contributed by atoms with Crippen molar-refractivity contribution in [1.82, 2.24) is 14.9 Å². The third-order valence-electron chi connectivity index (χ3n) is 7.12. The van der Waals surface area contributed by atoms with Gasteiger partial charge >= 0.3 is 0 Å². The molecular formula is C26H36FN3O3S. The second-order valence-electron chi connectivity index (χ2n) is 9.47. The lowest BCUT2D eigenvalue weighted by Gasteiger charge is -2.33. The third kappa shape index (κ3) is 6.78. The average Bonchev–Trinajstić information content (AvgIpc) is 3.05. The van der Waals surface area contributed by atoms with Crippen LogP contribution in [0.3, 0.4) is 0 Å². The minimum atomic E-state index is -3.60. The van der Waals surface area contributed by atoms with Gasteiger partial charge in [-0.3, -0.25) is 0 Å². The number of benzene rings is 2. The van der Waals surface area contributed by atoms with Crippen LogP contribution in [0.15, 0.2) is 47.4 Å². The van der Waals surface area contributed by atoms with Gasteiger partial charge in [0, 0.05) is 19.1 Å². The second kappa shape index (κ2) is 11.6. The summed E-state index contributed by atoms with van der Waals surface area (Å²) in [4.78, 5) is 2.41. The topological polar surface area (TPSA) is 70.7 Å². The number of aryl methyl sites for hydroxylation is 1. The van der Waals surface area contributed by atoms with Crippen molar-refractivity contribution >= 4 is 10.0 Å². The van der Waals surface area contributed by atoms with Gasteiger partial charge in [-0.1, -0.05) is 6.07 Å². The maximum atomic E-state index is 13.0. The van der Waals surface area contributed by atoms with Gasteiger partial charge in [-0.15, -0.1) is 0 Å². The minimum absolute atomic E-state index is 0.0956. The number of rotatable bonds is 9. The van der Waals surface area contributed by atoms with Gasteiger partial charge in [-0.2, -0.15) is 0 Å². The number of hydrogen-bond donors (Lipinski definition) is 2. The molecule has 186 valence electrons. The lowest BCUT2D eigenvalue weighted by molar-refractivity contribution is 0.182. The number of methoxy groups -OCH3 is 1. The molecule has 4 rings (SSSR count). The van der Waals surface area contributed by atoms with E-state index in [4.69, 9.17) is 4.74 Å². The van der Waals surface area contributed by atoms with Gasteiger partial charge in [0.15, 0.2) is 0 Å². The zero-order chi connectivity index (χ0) is 24.0. The molecule has 2 aliphatic rings. The molecule has 0 amide bonds. The van der Waals surface area contributed by atoms with Crippen molar-refractivity contribution in [3.8, 4) is 5.75 Å². The molecule has 34 heavy (non-hydrogen) atoms. The number of nitrogens with one attached hydrogen (secondary N) is 2. The molecule has 1 unspecified atom stereocenters. The van der Waals surface area contributed by atoms with Crippen molar-refractivity contribution in [2.24, 2.45) is 5.92 Å². The standard InChI is InChI=1S/C26H36FN3O3S/c1-33-25-8-5-21-3-2-4-24(17-22(21)18-25)28-19-20-11-14-30(15-12-20)16-13-29-34(31,32)26-9-6-23(27)7-10-26/h5-10,18,20,24,28-29H,2-4,11-17,19H2,1H3. The first-order chi connectivity index (χ1) is 16.4. The van der Waals surface area contributed by atoms with Gasteiger partial charge in [0.25, 0.3) is 0 Å². The monoisotopic (exact) mass is 489 g/mol. The van der Waals surface area contributed by atoms with Crippen LogP contribution in [-0.4, -0.2) is 59.2 Å². The van der Waals surface area contributed by atoms with Crippen LogP contribution in [0.5, 0.6) is 5.75 Å². The van der Waals surface area contributed by atoms with Crippen LogP contribution in [0.2, 0.25) is 0 Å². The molecule has 1 aliphatic carbocycles. The normalized spacial score (nSPS) is 20.0. The van der Waals surface area contributed by atoms with Crippen LogP contribution in [0.25, 0.3) is 0 Å². The van der Waals surface area contributed by atoms with Crippen LogP contribution in [0, 0.1) is 11.7 Å². The molecule has 0 radical (unpaired) electrons. The van der Waals surface area contributed by atoms with Crippen molar-refractivity contribution in [1.29, 1.82) is 0 Å². The summed E-state index contributed by atoms with van der Waals surface area (Å²) in [6.45, 7) is 4.04. The van der Waals surface area contributed by atoms with E-state index in [0.717, 1.165) is 63.2 Å². The highest BCUT2D eigenvalue weighted by atomic mass is 32.2. The van der Waals surface area contributed by atoms with Gasteiger partial charge in [0.05, 0.1) is 12.0 Å². The molecular weight excluding hydrogens is 453 g/mol. The highest BCUT2D eigenvalue weighted by Crippen LogP contribution is 2.25. The molecule has 0 aromatic heterocycles. The van der Waals surface area contributed by atoms with Crippen LogP contribution in [-0.2, 0) is 22.9 Å². The van der Waals surface area contributed by atoms with E-state index in [1.165, 1.54) is 36.1 Å². The molecule has 1 atom stereocenters. The molecule has 8 heteroatoms. The summed E-state index contributed by atoms with van der Waals surface area (Å²) < 4.78 is 45.8. The highest BCUT2D eigenvalue weighted by Gasteiger charge is 2.22. The summed E-state index contributed by atoms with van der Waals surface area (Å²) in [6, 6.07) is 11.9. The first kappa shape index (κ1) is 25.1. The first-order valence-corrected chi connectivity index (χ1v) is 13.8. The summed E-state index contributed by atoms with van der Waals surface area (Å²) in [5, 5.41) is 3.83. The summed E-state index contributed by atoms with van der Waals surface area (Å²) in [5.74, 6) is 1.15. The van der Waals surface area contributed by atoms with Crippen LogP contribution >= 0.6 is 0 Å². The molecule has 1 saturated heterocycles. The number of nitrogens with zero attached hydrogens (tertiary/aromatic N) is 1. The summed E-state index contributed by atoms with van der Waals surface area (Å²) >= 11 is 0. The van der Waals surface area contributed by atoms with Crippen molar-refractivity contribution in [3.63, 3.8) is 0 Å². The third-order valence-corrected chi connectivity index (χ3v) is 8.60. The lowest BCUT2D eigenvalue weighted by Crippen LogP contribution is -2.42. The van der Waals surface area contributed by atoms with E-state index in [1.54, 1.807) is 7.11 Å². The van der Waals surface area contributed by atoms with Gasteiger partial charge in [-0.25, -0.2) is 17.5 Å². The summed E-state index contributed by atoms with van der Waals surface area (Å²) in [5.41, 5.74) is 2.86. The number of likely N-dealkylation sites (tertiary alicyclic amines) is 1. The molecule has 1 heterocycles. The van der Waals surface area contributed by atoms with E-state index in [-0.39, 0.29) is 4.90 Å². The fraction of sp³-hybridized carbons (Fsp3) is 0.538. The SMILES string of the molecule is COc1ccc2c(c1)CC(NCC1CCN(CCNS(=O)(=O)c3ccc(F)cc3)CC1)CCC2. The van der Waals surface area contributed by atoms with Crippen LogP contribution < -0.4 is 14.8 Å². The first-order valence-electron chi connectivity index (χ1n) is 12.3. The Morgan fingerprint density at radius 3 is 2.56 bits per heavy atom. The van der Waals surface area contributed by atoms with E-state index in [2.05, 4.69) is 33.1 Å². The second-order valence-corrected chi connectivity index (χ2v) is 11.2. The Kier molecular flexibility index (Phi) is 8.58. The van der Waals surface area contributed by atoms with E-state index in [9.17, 15) is 12.8 Å². The lowest BCUT2D eigenvalue weighted by atomic mass is 9.95. The molecule has 2 aromatic rings. The average molecular weight is 490 g/mol. The van der Waals surface area contributed by atoms with Crippen LogP contribution in [0.1, 0.15) is 36.8 Å². The molecule has 0 spiro atoms. The Morgan fingerprint density at radius 1 is 1.06 bits per heavy atom. The van der Waals surface area contributed by atoms with Gasteiger partial charge in [-0.05, 0) is 112 Å². The molecule has 2 aromatic carbocycles. The number of fused-ring (bicyclic) bond motifs is 1. The van der Waals surface area contributed by atoms with E-state index >= 15 is 0 Å². The summed E-state index contributed by atoms with van der Waals surface area (Å²) in [7, 11) is -1.88. The van der Waals surface area contributed by atoms with E-state index in [0.29, 0.717) is 25.0 Å². The molecule has 1 fully saturated rings. The number of piperidine rings is 1. The number of ether oxygens (including phenoxy) is 1. The zero-order valence-corrected chi connectivity index (χ0v) is 20.7. The predicted molar refractivity (Wildman–Crippen MR) is 132 cm³/mol. The van der Waals surface area contributed by atoms with Crippen molar-refractivity contribution in [3.05, 3.63) is 59.4 Å². The maximum Gasteiger partial charge on any atom is 0.240 e. The number of sulfonamides is 1. The maximum absolute atomic E-state index is 13.0. The Morgan fingerprint density at radius 2 is 1.82 bits per heavy atom. The Balaban J connectivity index is 1.17. The Hall–Kier alpha value is -2.00. The van der Waals surface area contributed by atoms with Gasteiger partial charge < -0.3 is 15.0 Å². The van der Waals surface area contributed by atoms with Gasteiger partial charge in [0.2, 0.25) is 10.0 Å². The van der Waals surface area contributed by atoms with Crippen LogP contribution in [0.4, 0.5) is 4.39 Å². The van der Waals surface area contributed by atoms with Crippen molar-refractivity contribution in [2.45, 2.75) is 49.5 Å². The molecule has 1 aliphatic heterocycles.